The van der Waals surface area contributed by atoms with Crippen LogP contribution in [0.5, 0.6) is 11.5 Å². The second-order valence-corrected chi connectivity index (χ2v) is 5.65. The van der Waals surface area contributed by atoms with E-state index in [4.69, 9.17) is 14.2 Å². The third-order valence-electron chi connectivity index (χ3n) is 3.72. The Morgan fingerprint density at radius 1 is 1.19 bits per heavy atom. The van der Waals surface area contributed by atoms with Gasteiger partial charge in [-0.05, 0) is 36.6 Å². The first kappa shape index (κ1) is 16.1. The second kappa shape index (κ2) is 8.25. The summed E-state index contributed by atoms with van der Waals surface area (Å²) in [5, 5.41) is 3.47. The van der Waals surface area contributed by atoms with Gasteiger partial charge in [0.2, 0.25) is 6.79 Å². The Hall–Kier alpha value is -1.26. The van der Waals surface area contributed by atoms with E-state index in [-0.39, 0.29) is 6.04 Å². The Kier molecular flexibility index (Phi) is 6.33. The van der Waals surface area contributed by atoms with Gasteiger partial charge < -0.3 is 19.5 Å². The van der Waals surface area contributed by atoms with Crippen LogP contribution in [0.1, 0.15) is 45.2 Å². The van der Waals surface area contributed by atoms with E-state index < -0.39 is 0 Å². The van der Waals surface area contributed by atoms with Crippen molar-refractivity contribution in [2.75, 3.05) is 26.6 Å². The van der Waals surface area contributed by atoms with Gasteiger partial charge in [-0.3, -0.25) is 0 Å². The van der Waals surface area contributed by atoms with E-state index in [9.17, 15) is 0 Å². The minimum atomic E-state index is 0.193. The fourth-order valence-corrected chi connectivity index (χ4v) is 2.61. The molecule has 0 saturated carbocycles. The molecule has 1 aromatic carbocycles. The molecule has 0 radical (unpaired) electrons. The first-order chi connectivity index (χ1) is 10.2. The fraction of sp³-hybridized carbons (Fsp3) is 0.647. The highest BCUT2D eigenvalue weighted by Crippen LogP contribution is 2.34. The topological polar surface area (TPSA) is 39.7 Å². The summed E-state index contributed by atoms with van der Waals surface area (Å²) in [4.78, 5) is 0. The average molecular weight is 293 g/mol. The largest absolute Gasteiger partial charge is 0.454 e. The first-order valence-electron chi connectivity index (χ1n) is 7.95. The SMILES string of the molecule is CCCC(C)COCC(NCC)c1ccc2c(c1)OCO2. The van der Waals surface area contributed by atoms with Gasteiger partial charge in [0.15, 0.2) is 11.5 Å². The maximum absolute atomic E-state index is 5.90. The Bertz CT molecular complexity index is 436. The monoisotopic (exact) mass is 293 g/mol. The summed E-state index contributed by atoms with van der Waals surface area (Å²) in [6.07, 6.45) is 2.43. The molecule has 1 aromatic rings. The molecule has 1 heterocycles. The van der Waals surface area contributed by atoms with E-state index in [1.54, 1.807) is 0 Å². The van der Waals surface area contributed by atoms with Crippen molar-refractivity contribution in [2.45, 2.75) is 39.7 Å². The van der Waals surface area contributed by atoms with Gasteiger partial charge in [0.1, 0.15) is 0 Å². The number of ether oxygens (including phenoxy) is 3. The van der Waals surface area contributed by atoms with Crippen molar-refractivity contribution in [1.82, 2.24) is 5.32 Å². The summed E-state index contributed by atoms with van der Waals surface area (Å²) in [6, 6.07) is 6.30. The lowest BCUT2D eigenvalue weighted by atomic mass is 10.1. The van der Waals surface area contributed by atoms with Crippen LogP contribution >= 0.6 is 0 Å². The number of benzene rings is 1. The highest BCUT2D eigenvalue weighted by Gasteiger charge is 2.18. The van der Waals surface area contributed by atoms with Crippen molar-refractivity contribution in [3.05, 3.63) is 23.8 Å². The summed E-state index contributed by atoms with van der Waals surface area (Å²) in [7, 11) is 0. The van der Waals surface area contributed by atoms with Crippen LogP contribution < -0.4 is 14.8 Å². The molecule has 0 bridgehead atoms. The van der Waals surface area contributed by atoms with Crippen LogP contribution in [0.4, 0.5) is 0 Å². The zero-order valence-corrected chi connectivity index (χ0v) is 13.4. The zero-order valence-electron chi connectivity index (χ0n) is 13.4. The molecule has 0 aromatic heterocycles. The van der Waals surface area contributed by atoms with Crippen molar-refractivity contribution in [1.29, 1.82) is 0 Å². The molecule has 0 fully saturated rings. The van der Waals surface area contributed by atoms with Gasteiger partial charge in [-0.25, -0.2) is 0 Å². The Labute approximate surface area is 127 Å². The molecule has 0 spiro atoms. The highest BCUT2D eigenvalue weighted by molar-refractivity contribution is 5.45. The van der Waals surface area contributed by atoms with Crippen molar-refractivity contribution >= 4 is 0 Å². The molecule has 0 saturated heterocycles. The van der Waals surface area contributed by atoms with Gasteiger partial charge in [0, 0.05) is 6.61 Å². The van der Waals surface area contributed by atoms with Crippen LogP contribution in [-0.4, -0.2) is 26.6 Å². The number of hydrogen-bond donors (Lipinski definition) is 1. The van der Waals surface area contributed by atoms with Crippen molar-refractivity contribution < 1.29 is 14.2 Å². The van der Waals surface area contributed by atoms with Gasteiger partial charge in [0.05, 0.1) is 12.6 Å². The summed E-state index contributed by atoms with van der Waals surface area (Å²) < 4.78 is 16.7. The molecule has 4 heteroatoms. The molecular weight excluding hydrogens is 266 g/mol. The van der Waals surface area contributed by atoms with E-state index >= 15 is 0 Å². The van der Waals surface area contributed by atoms with Gasteiger partial charge in [0.25, 0.3) is 0 Å². The van der Waals surface area contributed by atoms with Crippen LogP contribution in [0.3, 0.4) is 0 Å². The molecule has 0 aliphatic carbocycles. The zero-order chi connectivity index (χ0) is 15.1. The third kappa shape index (κ3) is 4.61. The van der Waals surface area contributed by atoms with Crippen LogP contribution in [-0.2, 0) is 4.74 Å². The molecule has 118 valence electrons. The summed E-state index contributed by atoms with van der Waals surface area (Å²) in [6.45, 7) is 9.29. The van der Waals surface area contributed by atoms with Crippen LogP contribution in [0.25, 0.3) is 0 Å². The smallest absolute Gasteiger partial charge is 0.231 e. The van der Waals surface area contributed by atoms with E-state index in [1.807, 2.05) is 6.07 Å². The molecular formula is C17H27NO3. The third-order valence-corrected chi connectivity index (χ3v) is 3.72. The number of hydrogen-bond acceptors (Lipinski definition) is 4. The summed E-state index contributed by atoms with van der Waals surface area (Å²) in [5.41, 5.74) is 1.18. The number of likely N-dealkylation sites (N-methyl/N-ethyl adjacent to an activating group) is 1. The Morgan fingerprint density at radius 2 is 2.00 bits per heavy atom. The molecule has 2 unspecified atom stereocenters. The number of rotatable bonds is 9. The molecule has 1 aliphatic heterocycles. The predicted octanol–water partition coefficient (Wildman–Crippen LogP) is 3.52. The van der Waals surface area contributed by atoms with Crippen LogP contribution in [0.15, 0.2) is 18.2 Å². The van der Waals surface area contributed by atoms with Crippen molar-refractivity contribution in [3.8, 4) is 11.5 Å². The van der Waals surface area contributed by atoms with E-state index in [2.05, 4.69) is 38.2 Å². The highest BCUT2D eigenvalue weighted by atomic mass is 16.7. The Balaban J connectivity index is 1.92. The van der Waals surface area contributed by atoms with E-state index in [1.165, 1.54) is 18.4 Å². The maximum Gasteiger partial charge on any atom is 0.231 e. The molecule has 4 nitrogen and oxygen atoms in total. The number of fused-ring (bicyclic) bond motifs is 1. The average Bonchev–Trinajstić information content (AvgIpc) is 2.94. The van der Waals surface area contributed by atoms with Gasteiger partial charge in [-0.2, -0.15) is 0 Å². The molecule has 0 amide bonds. The Morgan fingerprint density at radius 3 is 2.76 bits per heavy atom. The van der Waals surface area contributed by atoms with Gasteiger partial charge in [-0.1, -0.05) is 33.3 Å². The normalized spacial score (nSPS) is 16.0. The van der Waals surface area contributed by atoms with Gasteiger partial charge in [-0.15, -0.1) is 0 Å². The lowest BCUT2D eigenvalue weighted by Crippen LogP contribution is -2.26. The molecule has 1 aliphatic rings. The van der Waals surface area contributed by atoms with Crippen molar-refractivity contribution in [2.24, 2.45) is 5.92 Å². The first-order valence-corrected chi connectivity index (χ1v) is 7.95. The number of nitrogens with one attached hydrogen (secondary N) is 1. The summed E-state index contributed by atoms with van der Waals surface area (Å²) in [5.74, 6) is 2.27. The molecule has 21 heavy (non-hydrogen) atoms. The maximum atomic E-state index is 5.90. The minimum absolute atomic E-state index is 0.193. The second-order valence-electron chi connectivity index (χ2n) is 5.65. The fourth-order valence-electron chi connectivity index (χ4n) is 2.61. The lowest BCUT2D eigenvalue weighted by Gasteiger charge is -2.20. The van der Waals surface area contributed by atoms with Crippen molar-refractivity contribution in [3.63, 3.8) is 0 Å². The minimum Gasteiger partial charge on any atom is -0.454 e. The standard InChI is InChI=1S/C17H27NO3/c1-4-6-13(3)10-19-11-15(18-5-2)14-7-8-16-17(9-14)21-12-20-16/h7-9,13,15,18H,4-6,10-12H2,1-3H3. The predicted molar refractivity (Wildman–Crippen MR) is 83.9 cm³/mol. The van der Waals surface area contributed by atoms with Gasteiger partial charge >= 0.3 is 0 Å². The molecule has 2 rings (SSSR count). The van der Waals surface area contributed by atoms with E-state index in [0.717, 1.165) is 24.7 Å². The molecule has 1 N–H and O–H groups in total. The van der Waals surface area contributed by atoms with E-state index in [0.29, 0.717) is 19.3 Å². The quantitative estimate of drug-likeness (QED) is 0.756. The summed E-state index contributed by atoms with van der Waals surface area (Å²) >= 11 is 0. The lowest BCUT2D eigenvalue weighted by molar-refractivity contribution is 0.0835. The van der Waals surface area contributed by atoms with Crippen LogP contribution in [0.2, 0.25) is 0 Å². The van der Waals surface area contributed by atoms with Crippen LogP contribution in [0, 0.1) is 5.92 Å². The molecule has 2 atom stereocenters.